The third-order valence-corrected chi connectivity index (χ3v) is 4.03. The Hall–Kier alpha value is -1.30. The maximum absolute atomic E-state index is 12.6. The molecule has 0 aromatic heterocycles. The molecule has 0 aromatic rings. The average molecular weight is 312 g/mol. The zero-order chi connectivity index (χ0) is 16.2. The molecule has 2 atom stereocenters. The van der Waals surface area contributed by atoms with Gasteiger partial charge in [-0.3, -0.25) is 9.63 Å². The fourth-order valence-corrected chi connectivity index (χ4v) is 3.04. The number of carbonyl (C=O) groups excluding carboxylic acids is 2. The summed E-state index contributed by atoms with van der Waals surface area (Å²) in [5, 5.41) is 4.38. The van der Waals surface area contributed by atoms with Gasteiger partial charge in [0.1, 0.15) is 5.60 Å². The van der Waals surface area contributed by atoms with E-state index in [0.717, 1.165) is 38.5 Å². The Morgan fingerprint density at radius 3 is 2.50 bits per heavy atom. The quantitative estimate of drug-likeness (QED) is 0.796. The van der Waals surface area contributed by atoms with Crippen LogP contribution in [-0.4, -0.2) is 41.9 Å². The van der Waals surface area contributed by atoms with E-state index in [9.17, 15) is 9.59 Å². The van der Waals surface area contributed by atoms with Gasteiger partial charge >= 0.3 is 6.09 Å². The van der Waals surface area contributed by atoms with Gasteiger partial charge < -0.3 is 10.1 Å². The molecule has 1 saturated carbocycles. The van der Waals surface area contributed by atoms with Crippen molar-refractivity contribution in [3.8, 4) is 0 Å². The molecular formula is C16H28N2O4. The molecule has 2 rings (SSSR count). The molecule has 126 valence electrons. The molecule has 1 saturated heterocycles. The SMILES string of the molecule is CC(C)(C)OC(=O)N[C@@H]1CCCCC[C@@H]1C(=O)N1CCCO1. The molecule has 0 unspecified atom stereocenters. The van der Waals surface area contributed by atoms with E-state index >= 15 is 0 Å². The fraction of sp³-hybridized carbons (Fsp3) is 0.875. The summed E-state index contributed by atoms with van der Waals surface area (Å²) in [6, 6.07) is -0.172. The molecular weight excluding hydrogens is 284 g/mol. The van der Waals surface area contributed by atoms with Crippen LogP contribution < -0.4 is 5.32 Å². The second-order valence-electron chi connectivity index (χ2n) is 7.12. The second kappa shape index (κ2) is 7.31. The smallest absolute Gasteiger partial charge is 0.407 e. The number of ether oxygens (including phenoxy) is 1. The van der Waals surface area contributed by atoms with Gasteiger partial charge in [0.15, 0.2) is 0 Å². The minimum absolute atomic E-state index is 0.000425. The van der Waals surface area contributed by atoms with E-state index in [1.807, 2.05) is 20.8 Å². The minimum atomic E-state index is -0.535. The summed E-state index contributed by atoms with van der Waals surface area (Å²) in [7, 11) is 0. The van der Waals surface area contributed by atoms with E-state index in [1.165, 1.54) is 5.06 Å². The van der Waals surface area contributed by atoms with Crippen molar-refractivity contribution >= 4 is 12.0 Å². The first-order valence-corrected chi connectivity index (χ1v) is 8.30. The summed E-state index contributed by atoms with van der Waals surface area (Å²) in [6.45, 7) is 6.75. The van der Waals surface area contributed by atoms with Crippen LogP contribution in [0, 0.1) is 5.92 Å². The number of hydrogen-bond donors (Lipinski definition) is 1. The van der Waals surface area contributed by atoms with Crippen molar-refractivity contribution in [1.29, 1.82) is 0 Å². The van der Waals surface area contributed by atoms with Crippen LogP contribution in [0.2, 0.25) is 0 Å². The Balaban J connectivity index is 2.00. The lowest BCUT2D eigenvalue weighted by Crippen LogP contribution is -2.48. The summed E-state index contributed by atoms with van der Waals surface area (Å²) >= 11 is 0. The van der Waals surface area contributed by atoms with Crippen LogP contribution in [-0.2, 0) is 14.4 Å². The third-order valence-electron chi connectivity index (χ3n) is 4.03. The van der Waals surface area contributed by atoms with Gasteiger partial charge in [0.25, 0.3) is 5.91 Å². The summed E-state index contributed by atoms with van der Waals surface area (Å²) in [5.41, 5.74) is -0.535. The lowest BCUT2D eigenvalue weighted by atomic mass is 9.93. The molecule has 0 radical (unpaired) electrons. The van der Waals surface area contributed by atoms with E-state index in [1.54, 1.807) is 0 Å². The van der Waals surface area contributed by atoms with Gasteiger partial charge in [0, 0.05) is 6.04 Å². The highest BCUT2D eigenvalue weighted by molar-refractivity contribution is 5.80. The molecule has 2 amide bonds. The predicted molar refractivity (Wildman–Crippen MR) is 82.0 cm³/mol. The second-order valence-corrected chi connectivity index (χ2v) is 7.12. The molecule has 1 heterocycles. The summed E-state index contributed by atoms with van der Waals surface area (Å²) < 4.78 is 5.33. The minimum Gasteiger partial charge on any atom is -0.444 e. The van der Waals surface area contributed by atoms with Gasteiger partial charge in [0.2, 0.25) is 0 Å². The van der Waals surface area contributed by atoms with Crippen molar-refractivity contribution in [2.75, 3.05) is 13.2 Å². The van der Waals surface area contributed by atoms with E-state index in [2.05, 4.69) is 5.32 Å². The molecule has 0 bridgehead atoms. The Kier molecular flexibility index (Phi) is 5.67. The molecule has 6 nitrogen and oxygen atoms in total. The zero-order valence-corrected chi connectivity index (χ0v) is 13.9. The number of rotatable bonds is 2. The van der Waals surface area contributed by atoms with Crippen molar-refractivity contribution in [3.63, 3.8) is 0 Å². The molecule has 1 aliphatic heterocycles. The molecule has 22 heavy (non-hydrogen) atoms. The van der Waals surface area contributed by atoms with Gasteiger partial charge in [-0.2, -0.15) is 0 Å². The lowest BCUT2D eigenvalue weighted by Gasteiger charge is -2.29. The molecule has 1 aliphatic carbocycles. The van der Waals surface area contributed by atoms with Crippen molar-refractivity contribution < 1.29 is 19.2 Å². The van der Waals surface area contributed by atoms with E-state index in [0.29, 0.717) is 13.2 Å². The van der Waals surface area contributed by atoms with Crippen molar-refractivity contribution in [3.05, 3.63) is 0 Å². The monoisotopic (exact) mass is 312 g/mol. The number of carbonyl (C=O) groups is 2. The van der Waals surface area contributed by atoms with E-state index < -0.39 is 11.7 Å². The highest BCUT2D eigenvalue weighted by Gasteiger charge is 2.36. The molecule has 1 N–H and O–H groups in total. The number of amides is 2. The first-order chi connectivity index (χ1) is 10.4. The van der Waals surface area contributed by atoms with Crippen LogP contribution in [0.25, 0.3) is 0 Å². The zero-order valence-electron chi connectivity index (χ0n) is 13.9. The first-order valence-electron chi connectivity index (χ1n) is 8.30. The highest BCUT2D eigenvalue weighted by atomic mass is 16.7. The molecule has 0 aromatic carbocycles. The van der Waals surface area contributed by atoms with Crippen LogP contribution in [0.5, 0.6) is 0 Å². The Bertz CT molecular complexity index is 399. The number of alkyl carbamates (subject to hydrolysis) is 1. The van der Waals surface area contributed by atoms with Gasteiger partial charge in [-0.1, -0.05) is 19.3 Å². The van der Waals surface area contributed by atoms with Crippen molar-refractivity contribution in [2.24, 2.45) is 5.92 Å². The highest BCUT2D eigenvalue weighted by Crippen LogP contribution is 2.27. The number of nitrogens with zero attached hydrogens (tertiary/aromatic N) is 1. The van der Waals surface area contributed by atoms with Crippen molar-refractivity contribution in [2.45, 2.75) is 70.9 Å². The normalized spacial score (nSPS) is 26.4. The average Bonchev–Trinajstić information content (AvgIpc) is 2.84. The van der Waals surface area contributed by atoms with Crippen LogP contribution >= 0.6 is 0 Å². The standard InChI is InChI=1S/C16H28N2O4/c1-16(2,3)22-15(20)17-13-9-6-4-5-8-12(13)14(19)18-10-7-11-21-18/h12-13H,4-11H2,1-3H3,(H,17,20)/t12-,13+/m0/s1. The van der Waals surface area contributed by atoms with E-state index in [4.69, 9.17) is 9.57 Å². The molecule has 0 spiro atoms. The molecule has 2 fully saturated rings. The van der Waals surface area contributed by atoms with Gasteiger partial charge in [-0.05, 0) is 40.0 Å². The number of hydrogen-bond acceptors (Lipinski definition) is 4. The topological polar surface area (TPSA) is 67.9 Å². The van der Waals surface area contributed by atoms with Crippen LogP contribution in [0.4, 0.5) is 4.79 Å². The van der Waals surface area contributed by atoms with E-state index in [-0.39, 0.29) is 17.9 Å². The van der Waals surface area contributed by atoms with Gasteiger partial charge in [0.05, 0.1) is 19.1 Å². The summed E-state index contributed by atoms with van der Waals surface area (Å²) in [5.74, 6) is -0.214. The molecule has 2 aliphatic rings. The lowest BCUT2D eigenvalue weighted by molar-refractivity contribution is -0.174. The van der Waals surface area contributed by atoms with Gasteiger partial charge in [-0.25, -0.2) is 9.86 Å². The third kappa shape index (κ3) is 4.87. The summed E-state index contributed by atoms with van der Waals surface area (Å²) in [6.07, 6.45) is 5.16. The number of hydroxylamine groups is 2. The summed E-state index contributed by atoms with van der Waals surface area (Å²) in [4.78, 5) is 30.1. The van der Waals surface area contributed by atoms with Crippen LogP contribution in [0.1, 0.15) is 59.3 Å². The predicted octanol–water partition coefficient (Wildman–Crippen LogP) is 2.62. The number of nitrogens with one attached hydrogen (secondary N) is 1. The van der Waals surface area contributed by atoms with Crippen LogP contribution in [0.3, 0.4) is 0 Å². The van der Waals surface area contributed by atoms with Gasteiger partial charge in [-0.15, -0.1) is 0 Å². The van der Waals surface area contributed by atoms with Crippen molar-refractivity contribution in [1.82, 2.24) is 10.4 Å². The first kappa shape index (κ1) is 17.1. The Labute approximate surface area is 132 Å². The largest absolute Gasteiger partial charge is 0.444 e. The van der Waals surface area contributed by atoms with Crippen LogP contribution in [0.15, 0.2) is 0 Å². The molecule has 6 heteroatoms. The fourth-order valence-electron chi connectivity index (χ4n) is 3.04. The Morgan fingerprint density at radius 1 is 1.14 bits per heavy atom. The maximum atomic E-state index is 12.6. The maximum Gasteiger partial charge on any atom is 0.407 e. The Morgan fingerprint density at radius 2 is 1.86 bits per heavy atom.